The zero-order chi connectivity index (χ0) is 14.6. The van der Waals surface area contributed by atoms with Crippen LogP contribution in [0.1, 0.15) is 10.4 Å². The highest BCUT2D eigenvalue weighted by Crippen LogP contribution is 2.22. The number of carboxylic acid groups (broad SMARTS) is 1. The summed E-state index contributed by atoms with van der Waals surface area (Å²) in [7, 11) is 1.45. The number of benzene rings is 1. The fourth-order valence-electron chi connectivity index (χ4n) is 1.09. The number of halogens is 3. The molecule has 8 heteroatoms. The Balaban J connectivity index is 2.74. The average molecular weight is 386 g/mol. The molecule has 0 unspecified atom stereocenters. The van der Waals surface area contributed by atoms with Gasteiger partial charge in [-0.25, -0.2) is 9.59 Å². The van der Waals surface area contributed by atoms with E-state index in [0.717, 1.165) is 0 Å². The van der Waals surface area contributed by atoms with E-state index in [9.17, 15) is 18.4 Å². The fourth-order valence-corrected chi connectivity index (χ4v) is 1.83. The monoisotopic (exact) mass is 386 g/mol. The van der Waals surface area contributed by atoms with E-state index >= 15 is 0 Å². The van der Waals surface area contributed by atoms with Crippen molar-refractivity contribution < 1.29 is 33.0 Å². The number of esters is 1. The summed E-state index contributed by atoms with van der Waals surface area (Å²) in [6.07, 6.45) is 0. The third kappa shape index (κ3) is 4.01. The Labute approximate surface area is 120 Å². The van der Waals surface area contributed by atoms with Gasteiger partial charge < -0.3 is 14.6 Å². The van der Waals surface area contributed by atoms with Gasteiger partial charge in [0.1, 0.15) is 5.75 Å². The van der Waals surface area contributed by atoms with Crippen molar-refractivity contribution in [2.45, 2.75) is 5.92 Å². The highest BCUT2D eigenvalue weighted by atomic mass is 127. The zero-order valence-corrected chi connectivity index (χ0v) is 11.8. The summed E-state index contributed by atoms with van der Waals surface area (Å²) in [5, 5.41) is 8.18. The SMILES string of the molecule is COc1ccc(C(=O)OCC(F)(F)C(=O)O)cc1I. The molecule has 5 nitrogen and oxygen atoms in total. The number of alkyl halides is 2. The van der Waals surface area contributed by atoms with Gasteiger partial charge in [-0.05, 0) is 40.8 Å². The third-order valence-corrected chi connectivity index (χ3v) is 2.93. The van der Waals surface area contributed by atoms with E-state index in [-0.39, 0.29) is 5.56 Å². The van der Waals surface area contributed by atoms with Crippen LogP contribution in [0, 0.1) is 3.57 Å². The minimum atomic E-state index is -4.10. The quantitative estimate of drug-likeness (QED) is 0.621. The lowest BCUT2D eigenvalue weighted by Crippen LogP contribution is -2.34. The molecule has 0 heterocycles. The molecule has 0 aromatic heterocycles. The molecule has 104 valence electrons. The number of rotatable bonds is 5. The minimum Gasteiger partial charge on any atom is -0.496 e. The molecule has 0 spiro atoms. The Morgan fingerprint density at radius 2 is 2.05 bits per heavy atom. The Morgan fingerprint density at radius 1 is 1.42 bits per heavy atom. The minimum absolute atomic E-state index is 0.0337. The summed E-state index contributed by atoms with van der Waals surface area (Å²) in [6, 6.07) is 4.20. The molecule has 0 aliphatic heterocycles. The van der Waals surface area contributed by atoms with Crippen molar-refractivity contribution in [3.8, 4) is 5.75 Å². The second-order valence-electron chi connectivity index (χ2n) is 3.44. The highest BCUT2D eigenvalue weighted by molar-refractivity contribution is 14.1. The largest absolute Gasteiger partial charge is 0.496 e. The maximum Gasteiger partial charge on any atom is 0.378 e. The van der Waals surface area contributed by atoms with E-state index in [1.54, 1.807) is 0 Å². The van der Waals surface area contributed by atoms with E-state index in [4.69, 9.17) is 9.84 Å². The third-order valence-electron chi connectivity index (χ3n) is 2.08. The van der Waals surface area contributed by atoms with E-state index < -0.39 is 24.5 Å². The van der Waals surface area contributed by atoms with Crippen LogP contribution >= 0.6 is 22.6 Å². The Bertz CT molecular complexity index is 504. The first kappa shape index (κ1) is 15.6. The number of ether oxygens (including phenoxy) is 2. The van der Waals surface area contributed by atoms with Crippen molar-refractivity contribution in [2.75, 3.05) is 13.7 Å². The van der Waals surface area contributed by atoms with Crippen LogP contribution in [0.25, 0.3) is 0 Å². The molecular weight excluding hydrogens is 377 g/mol. The first-order chi connectivity index (χ1) is 8.77. The maximum absolute atomic E-state index is 12.7. The molecule has 0 amide bonds. The molecular formula is C11H9F2IO5. The summed E-state index contributed by atoms with van der Waals surface area (Å²) >= 11 is 1.90. The zero-order valence-electron chi connectivity index (χ0n) is 9.65. The average Bonchev–Trinajstić information content (AvgIpc) is 2.35. The number of hydrogen-bond acceptors (Lipinski definition) is 4. The molecule has 1 rings (SSSR count). The lowest BCUT2D eigenvalue weighted by Gasteiger charge is -2.12. The Kier molecular flexibility index (Phi) is 5.04. The van der Waals surface area contributed by atoms with Crippen molar-refractivity contribution in [3.63, 3.8) is 0 Å². The van der Waals surface area contributed by atoms with Crippen LogP contribution in [0.15, 0.2) is 18.2 Å². The number of carbonyl (C=O) groups excluding carboxylic acids is 1. The maximum atomic E-state index is 12.7. The van der Waals surface area contributed by atoms with Gasteiger partial charge in [0.05, 0.1) is 16.2 Å². The van der Waals surface area contributed by atoms with Crippen molar-refractivity contribution in [2.24, 2.45) is 0 Å². The molecule has 1 N–H and O–H groups in total. The predicted molar refractivity (Wildman–Crippen MR) is 68.6 cm³/mol. The van der Waals surface area contributed by atoms with Gasteiger partial charge in [0.25, 0.3) is 0 Å². The Hall–Kier alpha value is -1.45. The van der Waals surface area contributed by atoms with Gasteiger partial charge in [-0.2, -0.15) is 8.78 Å². The van der Waals surface area contributed by atoms with Gasteiger partial charge in [-0.15, -0.1) is 0 Å². The predicted octanol–water partition coefficient (Wildman–Crippen LogP) is 2.18. The molecule has 1 aromatic carbocycles. The van der Waals surface area contributed by atoms with Crippen molar-refractivity contribution in [3.05, 3.63) is 27.3 Å². The second kappa shape index (κ2) is 6.13. The van der Waals surface area contributed by atoms with Crippen LogP contribution in [-0.2, 0) is 9.53 Å². The molecule has 0 radical (unpaired) electrons. The van der Waals surface area contributed by atoms with Gasteiger partial charge in [0, 0.05) is 0 Å². The van der Waals surface area contributed by atoms with Gasteiger partial charge in [0.2, 0.25) is 0 Å². The van der Waals surface area contributed by atoms with Crippen LogP contribution in [0.4, 0.5) is 8.78 Å². The first-order valence-electron chi connectivity index (χ1n) is 4.90. The lowest BCUT2D eigenvalue weighted by atomic mass is 10.2. The number of methoxy groups -OCH3 is 1. The van der Waals surface area contributed by atoms with Gasteiger partial charge >= 0.3 is 17.9 Å². The Morgan fingerprint density at radius 3 is 2.53 bits per heavy atom. The van der Waals surface area contributed by atoms with Crippen molar-refractivity contribution in [1.82, 2.24) is 0 Å². The standard InChI is InChI=1S/C11H9F2IO5/c1-18-8-3-2-6(4-7(8)14)9(15)19-5-11(12,13)10(16)17/h2-4H,5H2,1H3,(H,16,17). The number of aliphatic carboxylic acids is 1. The molecule has 0 fully saturated rings. The summed E-state index contributed by atoms with van der Waals surface area (Å²) < 4.78 is 35.3. The van der Waals surface area contributed by atoms with Crippen molar-refractivity contribution >= 4 is 34.5 Å². The normalized spacial score (nSPS) is 10.9. The fraction of sp³-hybridized carbons (Fsp3) is 0.273. The van der Waals surface area contributed by atoms with Gasteiger partial charge in [-0.1, -0.05) is 0 Å². The number of hydrogen-bond donors (Lipinski definition) is 1. The second-order valence-corrected chi connectivity index (χ2v) is 4.60. The lowest BCUT2D eigenvalue weighted by molar-refractivity contribution is -0.170. The van der Waals surface area contributed by atoms with E-state index in [1.165, 1.54) is 25.3 Å². The molecule has 0 saturated heterocycles. The highest BCUT2D eigenvalue weighted by Gasteiger charge is 2.40. The first-order valence-corrected chi connectivity index (χ1v) is 5.97. The molecule has 0 saturated carbocycles. The summed E-state index contributed by atoms with van der Waals surface area (Å²) in [4.78, 5) is 21.6. The number of carboxylic acids is 1. The van der Waals surface area contributed by atoms with Crippen LogP contribution in [0.5, 0.6) is 5.75 Å². The van der Waals surface area contributed by atoms with Crippen LogP contribution in [-0.4, -0.2) is 36.7 Å². The van der Waals surface area contributed by atoms with Gasteiger partial charge in [0.15, 0.2) is 6.61 Å². The van der Waals surface area contributed by atoms with Gasteiger partial charge in [-0.3, -0.25) is 0 Å². The smallest absolute Gasteiger partial charge is 0.378 e. The van der Waals surface area contributed by atoms with Crippen LogP contribution in [0.2, 0.25) is 0 Å². The van der Waals surface area contributed by atoms with E-state index in [1.807, 2.05) is 22.6 Å². The topological polar surface area (TPSA) is 72.8 Å². The van der Waals surface area contributed by atoms with Crippen LogP contribution in [0.3, 0.4) is 0 Å². The number of carbonyl (C=O) groups is 2. The molecule has 1 aromatic rings. The molecule has 0 aliphatic carbocycles. The summed E-state index contributed by atoms with van der Waals surface area (Å²) in [5.74, 6) is -6.95. The van der Waals surface area contributed by atoms with Crippen molar-refractivity contribution in [1.29, 1.82) is 0 Å². The molecule has 0 bridgehead atoms. The summed E-state index contributed by atoms with van der Waals surface area (Å²) in [5.41, 5.74) is 0.0337. The summed E-state index contributed by atoms with van der Waals surface area (Å²) in [6.45, 7) is -1.51. The molecule has 0 aliphatic rings. The molecule has 0 atom stereocenters. The van der Waals surface area contributed by atoms with E-state index in [0.29, 0.717) is 9.32 Å². The van der Waals surface area contributed by atoms with E-state index in [2.05, 4.69) is 4.74 Å². The molecule has 19 heavy (non-hydrogen) atoms. The van der Waals surface area contributed by atoms with Crippen LogP contribution < -0.4 is 4.74 Å².